The SMILES string of the molecule is [2H]C1([2H])C[C@@]2(C)[C@H](C[C@@H](O)[C@@H]3[C@@H]2C[C@H](O)[C@]2(C)[C@@H]([C@H](C)CCC(=O)NCC(=O)O)CC[C@@H]32)C([2H])([2H])[C@@]1([2H])O. The zero-order valence-corrected chi connectivity index (χ0v) is 19.9. The molecule has 4 saturated carbocycles. The van der Waals surface area contributed by atoms with Crippen LogP contribution in [0.5, 0.6) is 0 Å². The summed E-state index contributed by atoms with van der Waals surface area (Å²) in [5.74, 6) is -2.97. The summed E-state index contributed by atoms with van der Waals surface area (Å²) in [5.41, 5.74) is -1.51. The number of amides is 1. The summed E-state index contributed by atoms with van der Waals surface area (Å²) >= 11 is 0. The Bertz CT molecular complexity index is 964. The third-order valence-electron chi connectivity index (χ3n) is 9.97. The molecule has 0 radical (unpaired) electrons. The van der Waals surface area contributed by atoms with Crippen molar-refractivity contribution >= 4 is 11.9 Å². The van der Waals surface area contributed by atoms with Crippen LogP contribution in [0, 0.1) is 46.3 Å². The van der Waals surface area contributed by atoms with Crippen molar-refractivity contribution in [3.63, 3.8) is 0 Å². The van der Waals surface area contributed by atoms with Gasteiger partial charge in [0.1, 0.15) is 6.54 Å². The Balaban J connectivity index is 1.59. The molecule has 0 bridgehead atoms. The lowest BCUT2D eigenvalue weighted by Crippen LogP contribution is -2.62. The molecule has 5 N–H and O–H groups in total. The van der Waals surface area contributed by atoms with Gasteiger partial charge in [0.05, 0.1) is 19.7 Å². The van der Waals surface area contributed by atoms with Gasteiger partial charge in [0.2, 0.25) is 5.91 Å². The van der Waals surface area contributed by atoms with Crippen molar-refractivity contribution in [1.82, 2.24) is 5.32 Å². The predicted octanol–water partition coefficient (Wildman–Crippen LogP) is 2.56. The van der Waals surface area contributed by atoms with Crippen LogP contribution in [0.2, 0.25) is 0 Å². The van der Waals surface area contributed by atoms with Crippen LogP contribution in [0.15, 0.2) is 0 Å². The van der Waals surface area contributed by atoms with Gasteiger partial charge in [-0.2, -0.15) is 0 Å². The van der Waals surface area contributed by atoms with Crippen LogP contribution in [-0.2, 0) is 9.59 Å². The molecule has 11 atom stereocenters. The highest BCUT2D eigenvalue weighted by molar-refractivity contribution is 5.81. The lowest BCUT2D eigenvalue weighted by molar-refractivity contribution is -0.207. The Kier molecular flexibility index (Phi) is 5.27. The van der Waals surface area contributed by atoms with Crippen molar-refractivity contribution < 1.29 is 36.9 Å². The number of hydrogen-bond donors (Lipinski definition) is 5. The van der Waals surface area contributed by atoms with E-state index in [-0.39, 0.29) is 61.2 Å². The van der Waals surface area contributed by atoms with Crippen LogP contribution in [-0.4, -0.2) is 57.1 Å². The third kappa shape index (κ3) is 4.23. The number of aliphatic hydroxyl groups excluding tert-OH is 2. The van der Waals surface area contributed by atoms with E-state index < -0.39 is 60.3 Å². The number of fused-ring (bicyclic) bond motifs is 5. The maximum atomic E-state index is 12.1. The number of aliphatic carboxylic acids is 1. The molecule has 4 rings (SSSR count). The van der Waals surface area contributed by atoms with Crippen molar-refractivity contribution in [1.29, 1.82) is 0 Å². The quantitative estimate of drug-likeness (QED) is 0.406. The molecule has 4 aliphatic rings. The molecule has 4 aliphatic carbocycles. The Morgan fingerprint density at radius 1 is 1.18 bits per heavy atom. The first-order valence-electron chi connectivity index (χ1n) is 14.9. The second-order valence-electron chi connectivity index (χ2n) is 11.5. The number of nitrogens with one attached hydrogen (secondary N) is 1. The molecule has 7 heteroatoms. The summed E-state index contributed by atoms with van der Waals surface area (Å²) in [6.45, 7) is 5.46. The van der Waals surface area contributed by atoms with Gasteiger partial charge in [-0.15, -0.1) is 0 Å². The molecular formula is C26H43NO6. The molecular weight excluding hydrogens is 422 g/mol. The molecule has 0 spiro atoms. The summed E-state index contributed by atoms with van der Waals surface area (Å²) in [6, 6.07) is 0. The van der Waals surface area contributed by atoms with Crippen molar-refractivity contribution in [2.24, 2.45) is 46.3 Å². The van der Waals surface area contributed by atoms with Gasteiger partial charge in [-0.1, -0.05) is 20.8 Å². The van der Waals surface area contributed by atoms with E-state index in [9.17, 15) is 24.9 Å². The zero-order chi connectivity index (χ0) is 28.6. The van der Waals surface area contributed by atoms with E-state index in [4.69, 9.17) is 12.0 Å². The fourth-order valence-electron chi connectivity index (χ4n) is 8.15. The molecule has 0 saturated heterocycles. The summed E-state index contributed by atoms with van der Waals surface area (Å²) in [6.07, 6.45) is -7.41. The lowest BCUT2D eigenvalue weighted by atomic mass is 9.43. The van der Waals surface area contributed by atoms with Crippen molar-refractivity contribution in [2.45, 2.75) is 96.8 Å². The van der Waals surface area contributed by atoms with E-state index in [2.05, 4.69) is 5.32 Å². The number of carboxylic acid groups (broad SMARTS) is 1. The first kappa shape index (κ1) is 19.1. The standard InChI is InChI=1S/C26H43NO6/c1-14(4-7-22(31)27-13-23(32)33)17-5-6-18-24-19(12-21(30)26(17,18)3)25(2)9-8-16(28)10-15(25)11-20(24)29/h14-21,24,28-30H,4-13H2,1-3H3,(H,27,31)(H,32,33)/t14-,15+,16+,17-,18+,19+,20-,21+,24+,25+,26-/m1/s1/i8D2,10D2,16D. The van der Waals surface area contributed by atoms with E-state index in [0.29, 0.717) is 6.42 Å². The largest absolute Gasteiger partial charge is 0.480 e. The number of rotatable bonds is 6. The molecule has 4 fully saturated rings. The molecule has 0 aromatic carbocycles. The Hall–Kier alpha value is -1.18. The van der Waals surface area contributed by atoms with E-state index in [1.54, 1.807) is 0 Å². The fourth-order valence-corrected chi connectivity index (χ4v) is 8.15. The van der Waals surface area contributed by atoms with Gasteiger partial charge in [0.15, 0.2) is 0 Å². The van der Waals surface area contributed by atoms with Gasteiger partial charge in [0.25, 0.3) is 0 Å². The van der Waals surface area contributed by atoms with Gasteiger partial charge in [-0.25, -0.2) is 0 Å². The van der Waals surface area contributed by atoms with Gasteiger partial charge in [0, 0.05) is 11.9 Å². The van der Waals surface area contributed by atoms with Crippen molar-refractivity contribution in [3.8, 4) is 0 Å². The highest BCUT2D eigenvalue weighted by Gasteiger charge is 2.65. The van der Waals surface area contributed by atoms with Crippen LogP contribution in [0.4, 0.5) is 0 Å². The van der Waals surface area contributed by atoms with E-state index in [1.807, 2.05) is 20.8 Å². The number of aliphatic hydroxyl groups is 3. The van der Waals surface area contributed by atoms with E-state index in [0.717, 1.165) is 12.8 Å². The van der Waals surface area contributed by atoms with Crippen LogP contribution in [0.3, 0.4) is 0 Å². The minimum atomic E-state index is -2.96. The van der Waals surface area contributed by atoms with Crippen molar-refractivity contribution in [3.05, 3.63) is 0 Å². The Morgan fingerprint density at radius 2 is 1.91 bits per heavy atom. The van der Waals surface area contributed by atoms with Gasteiger partial charge in [-0.3, -0.25) is 9.59 Å². The van der Waals surface area contributed by atoms with Crippen LogP contribution >= 0.6 is 0 Å². The van der Waals surface area contributed by atoms with Crippen LogP contribution in [0.1, 0.15) is 85.3 Å². The molecule has 7 nitrogen and oxygen atoms in total. The third-order valence-corrected chi connectivity index (χ3v) is 9.97. The summed E-state index contributed by atoms with van der Waals surface area (Å²) in [5, 5.41) is 45.0. The van der Waals surface area contributed by atoms with Crippen LogP contribution < -0.4 is 5.32 Å². The Labute approximate surface area is 204 Å². The van der Waals surface area contributed by atoms with Crippen molar-refractivity contribution in [2.75, 3.05) is 6.54 Å². The van der Waals surface area contributed by atoms with Crippen LogP contribution in [0.25, 0.3) is 0 Å². The maximum Gasteiger partial charge on any atom is 0.322 e. The zero-order valence-electron chi connectivity index (χ0n) is 24.9. The molecule has 0 aromatic rings. The molecule has 0 aromatic heterocycles. The molecule has 0 heterocycles. The molecule has 0 aliphatic heterocycles. The topological polar surface area (TPSA) is 127 Å². The summed E-state index contributed by atoms with van der Waals surface area (Å²) in [7, 11) is 0. The predicted molar refractivity (Wildman–Crippen MR) is 123 cm³/mol. The molecule has 0 unspecified atom stereocenters. The first-order chi connectivity index (χ1) is 17.3. The van der Waals surface area contributed by atoms with E-state index >= 15 is 0 Å². The van der Waals surface area contributed by atoms with Gasteiger partial charge in [-0.05, 0) is 97.6 Å². The normalized spacial score (nSPS) is 55.2. The average molecular weight is 471 g/mol. The summed E-state index contributed by atoms with van der Waals surface area (Å²) < 4.78 is 42.4. The molecule has 1 amide bonds. The number of carbonyl (C=O) groups excluding carboxylic acids is 1. The summed E-state index contributed by atoms with van der Waals surface area (Å²) in [4.78, 5) is 22.8. The minimum absolute atomic E-state index is 0.0224. The average Bonchev–Trinajstić information content (AvgIpc) is 3.15. The highest BCUT2D eigenvalue weighted by atomic mass is 16.4. The monoisotopic (exact) mass is 470 g/mol. The second kappa shape index (κ2) is 9.12. The number of hydrogen-bond acceptors (Lipinski definition) is 5. The van der Waals surface area contributed by atoms with Gasteiger partial charge < -0.3 is 25.7 Å². The smallest absolute Gasteiger partial charge is 0.322 e. The fraction of sp³-hybridized carbons (Fsp3) is 0.923. The van der Waals surface area contributed by atoms with E-state index in [1.165, 1.54) is 0 Å². The highest BCUT2D eigenvalue weighted by Crippen LogP contribution is 2.68. The second-order valence-corrected chi connectivity index (χ2v) is 11.5. The Morgan fingerprint density at radius 3 is 2.61 bits per heavy atom. The molecule has 33 heavy (non-hydrogen) atoms. The maximum absolute atomic E-state index is 12.1. The lowest BCUT2D eigenvalue weighted by Gasteiger charge is -2.63. The number of carboxylic acids is 1. The van der Waals surface area contributed by atoms with Gasteiger partial charge >= 0.3 is 5.97 Å². The first-order valence-corrected chi connectivity index (χ1v) is 12.4. The molecule has 188 valence electrons. The minimum Gasteiger partial charge on any atom is -0.480 e. The number of carbonyl (C=O) groups is 2.